The van der Waals surface area contributed by atoms with E-state index in [9.17, 15) is 5.11 Å². The molecule has 72 valence electrons. The van der Waals surface area contributed by atoms with Crippen LogP contribution < -0.4 is 5.73 Å². The summed E-state index contributed by atoms with van der Waals surface area (Å²) in [6, 6.07) is 0. The van der Waals surface area contributed by atoms with E-state index in [1.54, 1.807) is 0 Å². The molecule has 0 amide bonds. The van der Waals surface area contributed by atoms with Crippen LogP contribution in [0.5, 0.6) is 0 Å². The Morgan fingerprint density at radius 2 is 2.17 bits per heavy atom. The lowest BCUT2D eigenvalue weighted by Crippen LogP contribution is -2.51. The molecule has 0 bridgehead atoms. The summed E-state index contributed by atoms with van der Waals surface area (Å²) < 4.78 is 0. The summed E-state index contributed by atoms with van der Waals surface area (Å²) in [5.41, 5.74) is 5.23. The topological polar surface area (TPSA) is 46.2 Å². The number of aliphatic hydroxyl groups is 1. The molecule has 1 fully saturated rings. The Kier molecular flexibility index (Phi) is 3.13. The second-order valence-corrected chi connectivity index (χ2v) is 4.34. The summed E-state index contributed by atoms with van der Waals surface area (Å²) >= 11 is 0. The fourth-order valence-corrected chi connectivity index (χ4v) is 2.43. The van der Waals surface area contributed by atoms with Gasteiger partial charge in [0.25, 0.3) is 0 Å². The smallest absolute Gasteiger partial charge is 0.0693 e. The van der Waals surface area contributed by atoms with Crippen LogP contribution in [0.2, 0.25) is 0 Å². The Balaban J connectivity index is 2.42. The number of hydrogen-bond acceptors (Lipinski definition) is 2. The third-order valence-electron chi connectivity index (χ3n) is 3.09. The fraction of sp³-hybridized carbons (Fsp3) is 1.00. The van der Waals surface area contributed by atoms with Crippen molar-refractivity contribution in [1.82, 2.24) is 0 Å². The summed E-state index contributed by atoms with van der Waals surface area (Å²) in [6.07, 6.45) is 4.10. The molecule has 0 spiro atoms. The molecule has 0 saturated heterocycles. The molecule has 1 aliphatic carbocycles. The van der Waals surface area contributed by atoms with Crippen LogP contribution in [0, 0.1) is 11.8 Å². The molecule has 1 aliphatic rings. The van der Waals surface area contributed by atoms with Crippen molar-refractivity contribution in [2.24, 2.45) is 17.6 Å². The lowest BCUT2D eigenvalue weighted by Gasteiger charge is -2.47. The molecular formula is C10H21NO. The van der Waals surface area contributed by atoms with Gasteiger partial charge in [-0.2, -0.15) is 0 Å². The van der Waals surface area contributed by atoms with E-state index in [2.05, 4.69) is 13.8 Å². The lowest BCUT2D eigenvalue weighted by atomic mass is 9.64. The zero-order valence-corrected chi connectivity index (χ0v) is 8.21. The zero-order chi connectivity index (χ0) is 9.19. The van der Waals surface area contributed by atoms with Crippen LogP contribution >= 0.6 is 0 Å². The minimum absolute atomic E-state index is 0.332. The van der Waals surface area contributed by atoms with Crippen molar-refractivity contribution in [1.29, 1.82) is 0 Å². The van der Waals surface area contributed by atoms with Crippen molar-refractivity contribution in [3.8, 4) is 0 Å². The van der Waals surface area contributed by atoms with Crippen molar-refractivity contribution in [2.75, 3.05) is 6.54 Å². The monoisotopic (exact) mass is 171 g/mol. The molecule has 0 aliphatic heterocycles. The standard InChI is InChI=1S/C10H21NO/c1-3-4-9(7-11)10(12)5-8(2)6-10/h8-9,12H,3-7,11H2,1-2H3. The molecule has 0 aromatic rings. The summed E-state index contributed by atoms with van der Waals surface area (Å²) in [5.74, 6) is 1.03. The SMILES string of the molecule is CCCC(CN)C1(O)CC(C)C1. The van der Waals surface area contributed by atoms with E-state index in [1.807, 2.05) is 0 Å². The highest BCUT2D eigenvalue weighted by molar-refractivity contribution is 4.97. The molecule has 2 nitrogen and oxygen atoms in total. The molecule has 0 radical (unpaired) electrons. The van der Waals surface area contributed by atoms with Crippen LogP contribution in [0.15, 0.2) is 0 Å². The van der Waals surface area contributed by atoms with Crippen molar-refractivity contribution in [2.45, 2.75) is 45.1 Å². The van der Waals surface area contributed by atoms with Crippen molar-refractivity contribution in [3.05, 3.63) is 0 Å². The highest BCUT2D eigenvalue weighted by atomic mass is 16.3. The van der Waals surface area contributed by atoms with Crippen molar-refractivity contribution in [3.63, 3.8) is 0 Å². The first-order valence-electron chi connectivity index (χ1n) is 5.05. The van der Waals surface area contributed by atoms with E-state index < -0.39 is 5.60 Å². The van der Waals surface area contributed by atoms with Crippen LogP contribution in [-0.2, 0) is 0 Å². The molecule has 1 saturated carbocycles. The van der Waals surface area contributed by atoms with Gasteiger partial charge in [-0.15, -0.1) is 0 Å². The molecule has 0 aromatic heterocycles. The molecular weight excluding hydrogens is 150 g/mol. The summed E-state index contributed by atoms with van der Waals surface area (Å²) in [5, 5.41) is 10.1. The Bertz CT molecular complexity index is 141. The molecule has 1 atom stereocenters. The van der Waals surface area contributed by atoms with Gasteiger partial charge in [0.15, 0.2) is 0 Å². The van der Waals surface area contributed by atoms with E-state index in [1.165, 1.54) is 0 Å². The normalized spacial score (nSPS) is 37.5. The zero-order valence-electron chi connectivity index (χ0n) is 8.21. The van der Waals surface area contributed by atoms with Gasteiger partial charge in [-0.25, -0.2) is 0 Å². The van der Waals surface area contributed by atoms with Gasteiger partial charge in [-0.3, -0.25) is 0 Å². The van der Waals surface area contributed by atoms with E-state index in [4.69, 9.17) is 5.73 Å². The summed E-state index contributed by atoms with van der Waals surface area (Å²) in [6.45, 7) is 4.97. The quantitative estimate of drug-likeness (QED) is 0.673. The van der Waals surface area contributed by atoms with Crippen LogP contribution in [0.4, 0.5) is 0 Å². The van der Waals surface area contributed by atoms with Crippen LogP contribution in [0.25, 0.3) is 0 Å². The average molecular weight is 171 g/mol. The third kappa shape index (κ3) is 1.80. The van der Waals surface area contributed by atoms with Crippen molar-refractivity contribution < 1.29 is 5.11 Å². The number of hydrogen-bond donors (Lipinski definition) is 2. The highest BCUT2D eigenvalue weighted by Crippen LogP contribution is 2.43. The molecule has 1 rings (SSSR count). The maximum absolute atomic E-state index is 10.1. The molecule has 2 heteroatoms. The van der Waals surface area contributed by atoms with Crippen LogP contribution in [0.3, 0.4) is 0 Å². The average Bonchev–Trinajstić information content (AvgIpc) is 1.97. The van der Waals surface area contributed by atoms with Gasteiger partial charge in [-0.1, -0.05) is 20.3 Å². The summed E-state index contributed by atoms with van der Waals surface area (Å²) in [7, 11) is 0. The Labute approximate surface area is 75.2 Å². The largest absolute Gasteiger partial charge is 0.390 e. The van der Waals surface area contributed by atoms with Gasteiger partial charge in [-0.05, 0) is 37.6 Å². The number of nitrogens with two attached hydrogens (primary N) is 1. The van der Waals surface area contributed by atoms with Crippen LogP contribution in [-0.4, -0.2) is 17.3 Å². The van der Waals surface area contributed by atoms with E-state index in [0.717, 1.165) is 25.7 Å². The van der Waals surface area contributed by atoms with Gasteiger partial charge in [0.05, 0.1) is 5.60 Å². The molecule has 0 aromatic carbocycles. The lowest BCUT2D eigenvalue weighted by molar-refractivity contribution is -0.112. The van der Waals surface area contributed by atoms with E-state index in [0.29, 0.717) is 18.4 Å². The van der Waals surface area contributed by atoms with Gasteiger partial charge < -0.3 is 10.8 Å². The third-order valence-corrected chi connectivity index (χ3v) is 3.09. The Morgan fingerprint density at radius 3 is 2.50 bits per heavy atom. The number of rotatable bonds is 4. The molecule has 12 heavy (non-hydrogen) atoms. The van der Waals surface area contributed by atoms with E-state index in [-0.39, 0.29) is 0 Å². The molecule has 1 unspecified atom stereocenters. The maximum Gasteiger partial charge on any atom is 0.0693 e. The minimum Gasteiger partial charge on any atom is -0.390 e. The van der Waals surface area contributed by atoms with Gasteiger partial charge >= 0.3 is 0 Å². The predicted octanol–water partition coefficient (Wildman–Crippen LogP) is 1.52. The Hall–Kier alpha value is -0.0800. The first-order valence-corrected chi connectivity index (χ1v) is 5.05. The van der Waals surface area contributed by atoms with Crippen molar-refractivity contribution >= 4 is 0 Å². The van der Waals surface area contributed by atoms with Gasteiger partial charge in [0.2, 0.25) is 0 Å². The molecule has 3 N–H and O–H groups in total. The first-order chi connectivity index (χ1) is 5.62. The second kappa shape index (κ2) is 3.75. The summed E-state index contributed by atoms with van der Waals surface area (Å²) in [4.78, 5) is 0. The van der Waals surface area contributed by atoms with Crippen LogP contribution in [0.1, 0.15) is 39.5 Å². The second-order valence-electron chi connectivity index (χ2n) is 4.34. The van der Waals surface area contributed by atoms with Gasteiger partial charge in [0, 0.05) is 0 Å². The predicted molar refractivity (Wildman–Crippen MR) is 50.8 cm³/mol. The first kappa shape index (κ1) is 10.0. The highest BCUT2D eigenvalue weighted by Gasteiger charge is 2.45. The maximum atomic E-state index is 10.1. The van der Waals surface area contributed by atoms with Gasteiger partial charge in [0.1, 0.15) is 0 Å². The van der Waals surface area contributed by atoms with E-state index >= 15 is 0 Å². The Morgan fingerprint density at radius 1 is 1.58 bits per heavy atom. The minimum atomic E-state index is -0.413. The molecule has 0 heterocycles. The fourth-order valence-electron chi connectivity index (χ4n) is 2.43.